The summed E-state index contributed by atoms with van der Waals surface area (Å²) in [5.41, 5.74) is 7.30. The van der Waals surface area contributed by atoms with Crippen LogP contribution in [0.2, 0.25) is 0 Å². The van der Waals surface area contributed by atoms with Gasteiger partial charge in [0.25, 0.3) is 0 Å². The Morgan fingerprint density at radius 3 is 1.83 bits per heavy atom. The number of likely N-dealkylation sites (N-methyl/N-ethyl adjacent to an activating group) is 1. The number of benzene rings is 5. The van der Waals surface area contributed by atoms with Gasteiger partial charge in [-0.2, -0.15) is 0 Å². The van der Waals surface area contributed by atoms with Gasteiger partial charge in [0, 0.05) is 5.56 Å². The standard InChI is InChI=1S/C59H65N8O14.Rb/c1-25(2)16-39(67(8)9)55(75)66-51-53(73)33-12-15-43(27(4)18-33)81-45-21-34-20-44(30(45)7)80-42-14-11-31(17-26(42)3)28(5)48-56(76)62-38(24-68)35-22-41(70)29(6)52(72)47(35)36-19-32(10-13-40(36)69)49(57(77)63-48)65-58(78)50(34)64-54(74)37(23-46(60)71)61-59(51)79;/h10-15,17-22,25,28,37-39,48-51,53,69-70,72-73H,16,23H2,1-9H3,(H2,60,71)(H,61,79)(H,62,76)(H,63,77)(H,64,74)(H,65,78)(H,66,75);. The first-order chi connectivity index (χ1) is 38.6. The number of nitrogens with two attached hydrogens (primary N) is 1. The molecule has 9 atom stereocenters. The molecule has 0 aromatic heterocycles. The van der Waals surface area contributed by atoms with Crippen molar-refractivity contribution in [1.29, 1.82) is 0 Å². The van der Waals surface area contributed by atoms with Crippen LogP contribution in [-0.4, -0.2) is 159 Å². The Morgan fingerprint density at radius 1 is 0.671 bits per heavy atom. The number of carbonyl (C=O) groups excluding carboxylic acids is 8. The molecule has 12 N–H and O–H groups in total. The Labute approximate surface area is 512 Å². The van der Waals surface area contributed by atoms with E-state index in [9.17, 15) is 49.2 Å². The van der Waals surface area contributed by atoms with Crippen LogP contribution in [0, 0.1) is 33.6 Å². The Bertz CT molecular complexity index is 3460. The van der Waals surface area contributed by atoms with Crippen molar-refractivity contribution in [2.75, 3.05) is 14.1 Å². The average Bonchev–Trinajstić information content (AvgIpc) is 3.61. The fourth-order valence-electron chi connectivity index (χ4n) is 10.5. The summed E-state index contributed by atoms with van der Waals surface area (Å²) in [5.74, 6) is -8.50. The third kappa shape index (κ3) is 12.7. The second-order valence-corrected chi connectivity index (χ2v) is 24.4. The molecule has 5 aromatic carbocycles. The fraction of sp³-hybridized carbons (Fsp3) is 0.356. The van der Waals surface area contributed by atoms with E-state index in [0.29, 0.717) is 34.4 Å². The number of fused-ring (bicyclic) bond motifs is 15. The van der Waals surface area contributed by atoms with Crippen molar-refractivity contribution in [2.45, 2.75) is 116 Å². The van der Waals surface area contributed by atoms with Gasteiger partial charge in [0.2, 0.25) is 23.6 Å². The number of nitrogens with zero attached hydrogens (tertiary/aromatic N) is 1. The predicted molar refractivity (Wildman–Crippen MR) is 299 cm³/mol. The number of aromatic hydroxyl groups is 3. The van der Waals surface area contributed by atoms with Crippen LogP contribution in [0.25, 0.3) is 11.1 Å². The average molecular weight is 1200 g/mol. The second kappa shape index (κ2) is 24.7. The van der Waals surface area contributed by atoms with Gasteiger partial charge in [-0.25, -0.2) is 0 Å². The summed E-state index contributed by atoms with van der Waals surface area (Å²) in [6.45, 7) is 12.0. The molecule has 0 fully saturated rings. The summed E-state index contributed by atoms with van der Waals surface area (Å²) in [7, 11) is 3.37. The molecular formula is C59H65N8O14Rb. The van der Waals surface area contributed by atoms with Gasteiger partial charge in [0.05, 0.1) is 12.5 Å². The number of aryl methyl sites for hydroxylation is 2. The number of amides is 7. The molecule has 0 saturated heterocycles. The van der Waals surface area contributed by atoms with E-state index in [0.717, 1.165) is 0 Å². The molecule has 0 aliphatic carbocycles. The van der Waals surface area contributed by atoms with Crippen LogP contribution in [0.5, 0.6) is 40.2 Å². The molecule has 82 heavy (non-hydrogen) atoms. The van der Waals surface area contributed by atoms with E-state index in [1.165, 1.54) is 49.4 Å². The first-order valence-electron chi connectivity index (χ1n) is 26.7. The molecule has 0 radical (unpaired) electrons. The maximum atomic E-state index is 15.6. The monoisotopic (exact) mass is 1190 g/mol. The molecule has 5 aromatic rings. The van der Waals surface area contributed by atoms with Gasteiger partial charge in [-0.3, -0.25) is 24.1 Å². The van der Waals surface area contributed by atoms with Crippen molar-refractivity contribution in [3.05, 3.63) is 123 Å². The van der Waals surface area contributed by atoms with Gasteiger partial charge in [-0.05, 0) is 75.7 Å². The molecule has 5 heterocycles. The van der Waals surface area contributed by atoms with E-state index in [2.05, 4.69) is 31.9 Å². The van der Waals surface area contributed by atoms with Crippen LogP contribution in [0.1, 0.15) is 114 Å². The van der Waals surface area contributed by atoms with Crippen molar-refractivity contribution in [1.82, 2.24) is 36.8 Å². The zero-order valence-corrected chi connectivity index (χ0v) is 51.9. The number of rotatable bonds is 8. The van der Waals surface area contributed by atoms with Crippen LogP contribution < -0.4 is 47.1 Å². The second-order valence-electron chi connectivity index (χ2n) is 22.0. The molecule has 7 amide bonds. The minimum absolute atomic E-state index is 0.0292. The molecule has 11 bridgehead atoms. The van der Waals surface area contributed by atoms with E-state index in [1.807, 2.05) is 13.8 Å². The summed E-state index contributed by atoms with van der Waals surface area (Å²) in [6.07, 6.45) is -2.26. The molecule has 9 unspecified atom stereocenters. The van der Waals surface area contributed by atoms with Crippen molar-refractivity contribution < 1.29 is 68.3 Å². The summed E-state index contributed by atoms with van der Waals surface area (Å²) in [6, 6.07) is 6.42. The van der Waals surface area contributed by atoms with Gasteiger partial charge < -0.3 is 26.2 Å². The number of hydrogen-bond acceptors (Lipinski definition) is 15. The van der Waals surface area contributed by atoms with E-state index in [1.54, 1.807) is 77.0 Å². The Kier molecular flexibility index (Phi) is 18.3. The van der Waals surface area contributed by atoms with Gasteiger partial charge in [-0.1, -0.05) is 19.9 Å². The fourth-order valence-corrected chi connectivity index (χ4v) is 11.6. The van der Waals surface area contributed by atoms with Crippen molar-refractivity contribution in [3.63, 3.8) is 0 Å². The van der Waals surface area contributed by atoms with Crippen LogP contribution in [0.3, 0.4) is 0 Å². The van der Waals surface area contributed by atoms with Crippen molar-refractivity contribution in [3.8, 4) is 51.4 Å². The summed E-state index contributed by atoms with van der Waals surface area (Å²) < 4.78 is 12.8. The molecule has 5 aliphatic heterocycles. The van der Waals surface area contributed by atoms with E-state index in [-0.39, 0.29) is 62.1 Å². The molecule has 22 nitrogen and oxygen atoms in total. The molecular weight excluding hydrogens is 1130 g/mol. The SMILES string of the molecule is Cc1cc2ccc1Oc1cc3cc(c1C)Oc1ccc(cc1C)C(O)C(NC(=O)C(CC(C)C)N(C)C)C(=O)NC(CC(N)=O)C(=O)NC3C(=O)NC1C(=O)NC(C(=O)NC([C](=O)[Rb])c3cc(O)c(C)c(O)c3-c3cc1ccc3O)C2C. The predicted octanol–water partition coefficient (Wildman–Crippen LogP) is 3.64. The van der Waals surface area contributed by atoms with Crippen LogP contribution in [0.15, 0.2) is 72.8 Å². The van der Waals surface area contributed by atoms with E-state index >= 15 is 9.59 Å². The zero-order valence-electron chi connectivity index (χ0n) is 47.0. The van der Waals surface area contributed by atoms with Gasteiger partial charge in [-0.15, -0.1) is 0 Å². The number of aliphatic hydroxyl groups excluding tert-OH is 1. The van der Waals surface area contributed by atoms with Crippen LogP contribution in [-0.2, 0) is 38.4 Å². The molecule has 10 rings (SSSR count). The third-order valence-electron chi connectivity index (χ3n) is 15.3. The molecule has 0 saturated carbocycles. The number of phenols is 3. The number of primary amides is 1. The normalized spacial score (nSPS) is 22.3. The number of carbonyl (C=O) groups is 8. The van der Waals surface area contributed by atoms with E-state index < -0.39 is 174 Å². The van der Waals surface area contributed by atoms with Gasteiger partial charge >= 0.3 is 299 Å². The number of aliphatic hydroxyl groups is 1. The Balaban J connectivity index is 1.37. The van der Waals surface area contributed by atoms with Crippen LogP contribution >= 0.6 is 0 Å². The van der Waals surface area contributed by atoms with Gasteiger partial charge in [0.1, 0.15) is 29.7 Å². The minimum atomic E-state index is -1.90. The molecule has 426 valence electrons. The molecule has 0 spiro atoms. The number of hydrogen-bond donors (Lipinski definition) is 11. The molecule has 23 heteroatoms. The Hall–Kier alpha value is -7.21. The number of ether oxygens (including phenoxy) is 2. The maximum absolute atomic E-state index is 15.6. The van der Waals surface area contributed by atoms with Crippen molar-refractivity contribution >= 4 is 95.7 Å². The summed E-state index contributed by atoms with van der Waals surface area (Å²) in [4.78, 5) is 118. The first kappa shape index (κ1) is 60.9. The number of phenolic OH excluding ortho intramolecular Hbond substituents is 3. The van der Waals surface area contributed by atoms with Crippen molar-refractivity contribution in [2.24, 2.45) is 11.7 Å². The first-order valence-corrected chi connectivity index (χ1v) is 29.1. The number of nitrogens with one attached hydrogen (secondary N) is 6. The summed E-state index contributed by atoms with van der Waals surface area (Å²) >= 11 is -0.823. The zero-order chi connectivity index (χ0) is 59.9. The Morgan fingerprint density at radius 2 is 1.24 bits per heavy atom. The van der Waals surface area contributed by atoms with Crippen LogP contribution in [0.4, 0.5) is 0 Å². The molecule has 5 aliphatic rings. The summed E-state index contributed by atoms with van der Waals surface area (Å²) in [5, 5.41) is 62.6. The third-order valence-corrected chi connectivity index (χ3v) is 16.7. The van der Waals surface area contributed by atoms with E-state index in [4.69, 9.17) is 15.2 Å². The van der Waals surface area contributed by atoms with Gasteiger partial charge in [0.15, 0.2) is 0 Å². The quantitative estimate of drug-likeness (QED) is 0.106. The topological polar surface area (TPSA) is 337 Å².